The van der Waals surface area contributed by atoms with Crippen molar-refractivity contribution >= 4 is 17.5 Å². The standard InChI is InChI=1S/C16H23NOS/c1-13-4-3-10-17(11-9-13)12-16(18)14-5-7-15(19-2)8-6-14/h5-8,13H,3-4,9-12H2,1-2H3. The summed E-state index contributed by atoms with van der Waals surface area (Å²) in [6.07, 6.45) is 5.79. The van der Waals surface area contributed by atoms with E-state index in [1.54, 1.807) is 11.8 Å². The van der Waals surface area contributed by atoms with Crippen LogP contribution in [0, 0.1) is 5.92 Å². The minimum atomic E-state index is 0.252. The predicted octanol–water partition coefficient (Wildman–Crippen LogP) is 3.71. The van der Waals surface area contributed by atoms with Crippen molar-refractivity contribution in [1.29, 1.82) is 0 Å². The highest BCUT2D eigenvalue weighted by Gasteiger charge is 2.16. The maximum Gasteiger partial charge on any atom is 0.176 e. The Morgan fingerprint density at radius 1 is 1.26 bits per heavy atom. The molecule has 0 radical (unpaired) electrons. The molecule has 19 heavy (non-hydrogen) atoms. The lowest BCUT2D eigenvalue weighted by Gasteiger charge is -2.18. The normalized spacial score (nSPS) is 21.1. The third-order valence-corrected chi connectivity index (χ3v) is 4.63. The zero-order chi connectivity index (χ0) is 13.7. The lowest BCUT2D eigenvalue weighted by atomic mass is 10.0. The fourth-order valence-corrected chi connectivity index (χ4v) is 2.96. The third kappa shape index (κ3) is 4.36. The Balaban J connectivity index is 1.92. The number of benzene rings is 1. The zero-order valence-corrected chi connectivity index (χ0v) is 12.7. The Kier molecular flexibility index (Phi) is 5.46. The number of hydrogen-bond acceptors (Lipinski definition) is 3. The third-order valence-electron chi connectivity index (χ3n) is 3.89. The molecule has 3 heteroatoms. The molecule has 1 aliphatic rings. The van der Waals surface area contributed by atoms with E-state index in [1.807, 2.05) is 24.3 Å². The maximum absolute atomic E-state index is 12.3. The van der Waals surface area contributed by atoms with Gasteiger partial charge in [0.15, 0.2) is 5.78 Å². The van der Waals surface area contributed by atoms with Gasteiger partial charge in [0.05, 0.1) is 6.54 Å². The minimum Gasteiger partial charge on any atom is -0.296 e. The van der Waals surface area contributed by atoms with E-state index in [0.29, 0.717) is 6.54 Å². The minimum absolute atomic E-state index is 0.252. The van der Waals surface area contributed by atoms with Crippen molar-refractivity contribution in [1.82, 2.24) is 4.90 Å². The average molecular weight is 277 g/mol. The van der Waals surface area contributed by atoms with Crippen LogP contribution in [0.3, 0.4) is 0 Å². The number of likely N-dealkylation sites (tertiary alicyclic amines) is 1. The van der Waals surface area contributed by atoms with E-state index in [9.17, 15) is 4.79 Å². The van der Waals surface area contributed by atoms with Crippen molar-refractivity contribution in [2.75, 3.05) is 25.9 Å². The number of thioether (sulfide) groups is 1. The van der Waals surface area contributed by atoms with Gasteiger partial charge in [0, 0.05) is 10.5 Å². The maximum atomic E-state index is 12.3. The Bertz CT molecular complexity index is 415. The highest BCUT2D eigenvalue weighted by Crippen LogP contribution is 2.18. The summed E-state index contributed by atoms with van der Waals surface area (Å²) in [4.78, 5) is 15.8. The van der Waals surface area contributed by atoms with Gasteiger partial charge >= 0.3 is 0 Å². The van der Waals surface area contributed by atoms with Crippen LogP contribution < -0.4 is 0 Å². The summed E-state index contributed by atoms with van der Waals surface area (Å²) in [6.45, 7) is 5.02. The molecule has 104 valence electrons. The molecule has 1 atom stereocenters. The average Bonchev–Trinajstić information content (AvgIpc) is 2.64. The summed E-state index contributed by atoms with van der Waals surface area (Å²) in [5.74, 6) is 1.06. The quantitative estimate of drug-likeness (QED) is 0.618. The molecule has 1 unspecified atom stereocenters. The summed E-state index contributed by atoms with van der Waals surface area (Å²) < 4.78 is 0. The lowest BCUT2D eigenvalue weighted by Crippen LogP contribution is -2.30. The SMILES string of the molecule is CSc1ccc(C(=O)CN2CCCC(C)CC2)cc1. The van der Waals surface area contributed by atoms with Crippen molar-refractivity contribution in [3.8, 4) is 0 Å². The topological polar surface area (TPSA) is 20.3 Å². The van der Waals surface area contributed by atoms with Crippen LogP contribution in [0.25, 0.3) is 0 Å². The van der Waals surface area contributed by atoms with E-state index < -0.39 is 0 Å². The molecular formula is C16H23NOS. The molecule has 0 aliphatic carbocycles. The van der Waals surface area contributed by atoms with E-state index in [1.165, 1.54) is 24.2 Å². The molecular weight excluding hydrogens is 254 g/mol. The van der Waals surface area contributed by atoms with Gasteiger partial charge in [-0.2, -0.15) is 0 Å². The number of Topliss-reactive ketones (excluding diaryl/α,β-unsaturated/α-hetero) is 1. The first-order valence-electron chi connectivity index (χ1n) is 7.08. The van der Waals surface area contributed by atoms with Crippen LogP contribution in [0.2, 0.25) is 0 Å². The molecule has 1 aliphatic heterocycles. The molecule has 2 rings (SSSR count). The molecule has 0 aromatic heterocycles. The summed E-state index contributed by atoms with van der Waals surface area (Å²) in [7, 11) is 0. The molecule has 1 heterocycles. The van der Waals surface area contributed by atoms with Crippen LogP contribution in [0.15, 0.2) is 29.2 Å². The first-order valence-corrected chi connectivity index (χ1v) is 8.31. The van der Waals surface area contributed by atoms with Gasteiger partial charge in [0.2, 0.25) is 0 Å². The van der Waals surface area contributed by atoms with Crippen LogP contribution in [-0.2, 0) is 0 Å². The van der Waals surface area contributed by atoms with Crippen LogP contribution in [0.1, 0.15) is 36.5 Å². The van der Waals surface area contributed by atoms with E-state index in [4.69, 9.17) is 0 Å². The number of rotatable bonds is 4. The molecule has 1 fully saturated rings. The molecule has 1 aromatic rings. The van der Waals surface area contributed by atoms with Gasteiger partial charge in [-0.25, -0.2) is 0 Å². The number of carbonyl (C=O) groups excluding carboxylic acids is 1. The molecule has 0 saturated carbocycles. The molecule has 0 spiro atoms. The van der Waals surface area contributed by atoms with Crippen molar-refractivity contribution in [3.05, 3.63) is 29.8 Å². The molecule has 1 saturated heterocycles. The summed E-state index contributed by atoms with van der Waals surface area (Å²) >= 11 is 1.71. The second-order valence-corrected chi connectivity index (χ2v) is 6.34. The summed E-state index contributed by atoms with van der Waals surface area (Å²) in [5.41, 5.74) is 0.843. The van der Waals surface area contributed by atoms with E-state index in [-0.39, 0.29) is 5.78 Å². The van der Waals surface area contributed by atoms with Crippen LogP contribution in [0.5, 0.6) is 0 Å². The Hall–Kier alpha value is -0.800. The molecule has 2 nitrogen and oxygen atoms in total. The van der Waals surface area contributed by atoms with Gasteiger partial charge in [0.25, 0.3) is 0 Å². The van der Waals surface area contributed by atoms with Crippen molar-refractivity contribution in [2.45, 2.75) is 31.1 Å². The monoisotopic (exact) mass is 277 g/mol. The first-order chi connectivity index (χ1) is 9.19. The first kappa shape index (κ1) is 14.6. The van der Waals surface area contributed by atoms with Crippen molar-refractivity contribution in [2.24, 2.45) is 5.92 Å². The zero-order valence-electron chi connectivity index (χ0n) is 11.9. The molecule has 0 N–H and O–H groups in total. The molecule has 0 bridgehead atoms. The Labute approximate surface area is 120 Å². The number of ketones is 1. The van der Waals surface area contributed by atoms with Crippen LogP contribution >= 0.6 is 11.8 Å². The van der Waals surface area contributed by atoms with E-state index >= 15 is 0 Å². The van der Waals surface area contributed by atoms with Gasteiger partial charge in [-0.15, -0.1) is 11.8 Å². The fraction of sp³-hybridized carbons (Fsp3) is 0.562. The summed E-state index contributed by atoms with van der Waals surface area (Å²) in [6, 6.07) is 7.97. The van der Waals surface area contributed by atoms with Gasteiger partial charge < -0.3 is 0 Å². The van der Waals surface area contributed by atoms with Gasteiger partial charge in [-0.1, -0.05) is 19.1 Å². The molecule has 1 aromatic carbocycles. The summed E-state index contributed by atoms with van der Waals surface area (Å²) in [5, 5.41) is 0. The molecule has 0 amide bonds. The smallest absolute Gasteiger partial charge is 0.176 e. The van der Waals surface area contributed by atoms with E-state index in [0.717, 1.165) is 24.6 Å². The van der Waals surface area contributed by atoms with Crippen molar-refractivity contribution < 1.29 is 4.79 Å². The largest absolute Gasteiger partial charge is 0.296 e. The van der Waals surface area contributed by atoms with E-state index in [2.05, 4.69) is 18.1 Å². The Morgan fingerprint density at radius 3 is 2.68 bits per heavy atom. The number of hydrogen-bond donors (Lipinski definition) is 0. The lowest BCUT2D eigenvalue weighted by molar-refractivity contribution is 0.0932. The fourth-order valence-electron chi connectivity index (χ4n) is 2.55. The van der Waals surface area contributed by atoms with Gasteiger partial charge in [-0.3, -0.25) is 9.69 Å². The number of carbonyl (C=O) groups is 1. The van der Waals surface area contributed by atoms with Crippen LogP contribution in [-0.4, -0.2) is 36.6 Å². The second-order valence-electron chi connectivity index (χ2n) is 5.46. The Morgan fingerprint density at radius 2 is 2.00 bits per heavy atom. The van der Waals surface area contributed by atoms with Crippen LogP contribution in [0.4, 0.5) is 0 Å². The van der Waals surface area contributed by atoms with Gasteiger partial charge in [-0.05, 0) is 56.7 Å². The van der Waals surface area contributed by atoms with Crippen molar-refractivity contribution in [3.63, 3.8) is 0 Å². The second kappa shape index (κ2) is 7.11. The highest BCUT2D eigenvalue weighted by molar-refractivity contribution is 7.98. The predicted molar refractivity (Wildman–Crippen MR) is 82.0 cm³/mol. The van der Waals surface area contributed by atoms with Gasteiger partial charge in [0.1, 0.15) is 0 Å². The number of nitrogens with zero attached hydrogens (tertiary/aromatic N) is 1. The highest BCUT2D eigenvalue weighted by atomic mass is 32.2.